The first kappa shape index (κ1) is 13.8. The summed E-state index contributed by atoms with van der Waals surface area (Å²) in [7, 11) is 1.85. The third-order valence-electron chi connectivity index (χ3n) is 3.95. The molecule has 2 N–H and O–H groups in total. The molecular weight excluding hydrogens is 264 g/mol. The number of aliphatic hydroxyl groups excluding tert-OH is 1. The van der Waals surface area contributed by atoms with Gasteiger partial charge in [-0.2, -0.15) is 0 Å². The van der Waals surface area contributed by atoms with E-state index in [4.69, 9.17) is 0 Å². The summed E-state index contributed by atoms with van der Waals surface area (Å²) in [5, 5.41) is 21.4. The molecule has 2 atom stereocenters. The monoisotopic (exact) mass is 282 g/mol. The van der Waals surface area contributed by atoms with E-state index in [0.29, 0.717) is 11.4 Å². The van der Waals surface area contributed by atoms with Crippen LogP contribution in [0.4, 0.5) is 0 Å². The van der Waals surface area contributed by atoms with E-state index in [9.17, 15) is 10.2 Å². The molecule has 0 fully saturated rings. The van der Waals surface area contributed by atoms with Crippen LogP contribution in [0.3, 0.4) is 0 Å². The molecule has 0 unspecified atom stereocenters. The van der Waals surface area contributed by atoms with Gasteiger partial charge in [0.2, 0.25) is 0 Å². The fraction of sp³-hybridized carbons (Fsp3) is 0.235. The summed E-state index contributed by atoms with van der Waals surface area (Å²) in [5.41, 5.74) is 0.792. The van der Waals surface area contributed by atoms with Gasteiger partial charge in [0.1, 0.15) is 5.82 Å². The number of hydrogen-bond donors (Lipinski definition) is 2. The molecule has 3 aromatic rings. The second kappa shape index (κ2) is 4.98. The van der Waals surface area contributed by atoms with E-state index in [1.165, 1.54) is 0 Å². The fourth-order valence-electron chi connectivity index (χ4n) is 2.74. The van der Waals surface area contributed by atoms with Gasteiger partial charge in [0.25, 0.3) is 0 Å². The van der Waals surface area contributed by atoms with Crippen LogP contribution in [0.15, 0.2) is 54.6 Å². The van der Waals surface area contributed by atoms with Gasteiger partial charge >= 0.3 is 0 Å². The van der Waals surface area contributed by atoms with Crippen molar-refractivity contribution in [2.45, 2.75) is 18.6 Å². The van der Waals surface area contributed by atoms with Crippen molar-refractivity contribution < 1.29 is 10.2 Å². The van der Waals surface area contributed by atoms with Gasteiger partial charge in [-0.3, -0.25) is 0 Å². The number of para-hydroxylation sites is 2. The molecule has 2 aromatic carbocycles. The first-order valence-corrected chi connectivity index (χ1v) is 6.93. The molecule has 108 valence electrons. The molecule has 3 rings (SSSR count). The highest BCUT2D eigenvalue weighted by molar-refractivity contribution is 5.76. The molecule has 4 nitrogen and oxygen atoms in total. The maximum atomic E-state index is 11.2. The van der Waals surface area contributed by atoms with Crippen LogP contribution in [-0.4, -0.2) is 25.9 Å². The Bertz CT molecular complexity index is 765. The lowest BCUT2D eigenvalue weighted by atomic mass is 9.88. The van der Waals surface area contributed by atoms with Crippen molar-refractivity contribution >= 4 is 11.0 Å². The van der Waals surface area contributed by atoms with Crippen LogP contribution in [0.1, 0.15) is 18.3 Å². The molecule has 21 heavy (non-hydrogen) atoms. The molecule has 1 aromatic heterocycles. The maximum Gasteiger partial charge on any atom is 0.173 e. The van der Waals surface area contributed by atoms with Crippen molar-refractivity contribution in [1.82, 2.24) is 9.55 Å². The molecule has 0 saturated heterocycles. The standard InChI is InChI=1S/C17H18N2O2/c1-12(20)17(21,13-8-4-3-5-9-13)16-18-14-10-6-7-11-15(14)19(16)2/h3-12,20-21H,1-2H3/t12-,17+/m1/s1. The molecule has 0 aliphatic heterocycles. The first-order chi connectivity index (χ1) is 10.0. The first-order valence-electron chi connectivity index (χ1n) is 6.93. The lowest BCUT2D eigenvalue weighted by Gasteiger charge is -2.31. The summed E-state index contributed by atoms with van der Waals surface area (Å²) in [5.74, 6) is 0.435. The number of benzene rings is 2. The Balaban J connectivity index is 2.28. The van der Waals surface area contributed by atoms with Crippen LogP contribution in [0.25, 0.3) is 11.0 Å². The molecule has 0 aliphatic carbocycles. The number of aromatic nitrogens is 2. The largest absolute Gasteiger partial charge is 0.390 e. The SMILES string of the molecule is C[C@@H](O)[C@](O)(c1ccccc1)c1nc2ccccc2n1C. The minimum Gasteiger partial charge on any atom is -0.390 e. The summed E-state index contributed by atoms with van der Waals surface area (Å²) in [4.78, 5) is 4.53. The Morgan fingerprint density at radius 2 is 1.67 bits per heavy atom. The number of nitrogens with zero attached hydrogens (tertiary/aromatic N) is 2. The fourth-order valence-corrected chi connectivity index (χ4v) is 2.74. The van der Waals surface area contributed by atoms with Gasteiger partial charge in [0.15, 0.2) is 5.60 Å². The summed E-state index contributed by atoms with van der Waals surface area (Å²) in [6.45, 7) is 1.58. The van der Waals surface area contributed by atoms with Gasteiger partial charge in [-0.1, -0.05) is 42.5 Å². The smallest absolute Gasteiger partial charge is 0.173 e. The number of hydrogen-bond acceptors (Lipinski definition) is 3. The number of imidazole rings is 1. The van der Waals surface area contributed by atoms with Gasteiger partial charge in [0.05, 0.1) is 17.1 Å². The van der Waals surface area contributed by atoms with Crippen molar-refractivity contribution in [2.24, 2.45) is 7.05 Å². The van der Waals surface area contributed by atoms with E-state index in [1.807, 2.05) is 54.1 Å². The van der Waals surface area contributed by atoms with Crippen LogP contribution in [0, 0.1) is 0 Å². The minimum atomic E-state index is -1.55. The molecule has 0 aliphatic rings. The quantitative estimate of drug-likeness (QED) is 0.774. The van der Waals surface area contributed by atoms with Crippen molar-refractivity contribution in [3.63, 3.8) is 0 Å². The number of aliphatic hydroxyl groups is 2. The van der Waals surface area contributed by atoms with E-state index < -0.39 is 11.7 Å². The summed E-state index contributed by atoms with van der Waals surface area (Å²) < 4.78 is 1.83. The van der Waals surface area contributed by atoms with E-state index in [-0.39, 0.29) is 0 Å². The van der Waals surface area contributed by atoms with E-state index >= 15 is 0 Å². The van der Waals surface area contributed by atoms with E-state index in [1.54, 1.807) is 19.1 Å². The van der Waals surface area contributed by atoms with Gasteiger partial charge in [0, 0.05) is 7.05 Å². The summed E-state index contributed by atoms with van der Waals surface area (Å²) >= 11 is 0. The normalized spacial score (nSPS) is 15.8. The number of rotatable bonds is 3. The molecule has 0 spiro atoms. The highest BCUT2D eigenvalue weighted by Crippen LogP contribution is 2.33. The minimum absolute atomic E-state index is 0.435. The third-order valence-corrected chi connectivity index (χ3v) is 3.95. The zero-order chi connectivity index (χ0) is 15.0. The average molecular weight is 282 g/mol. The lowest BCUT2D eigenvalue weighted by Crippen LogP contribution is -2.41. The zero-order valence-electron chi connectivity index (χ0n) is 12.1. The van der Waals surface area contributed by atoms with Crippen LogP contribution in [0.5, 0.6) is 0 Å². The average Bonchev–Trinajstić information content (AvgIpc) is 2.85. The van der Waals surface area contributed by atoms with Crippen molar-refractivity contribution in [2.75, 3.05) is 0 Å². The second-order valence-corrected chi connectivity index (χ2v) is 5.29. The van der Waals surface area contributed by atoms with Crippen LogP contribution >= 0.6 is 0 Å². The summed E-state index contributed by atoms with van der Waals surface area (Å²) in [6.07, 6.45) is -0.990. The van der Waals surface area contributed by atoms with Gasteiger partial charge in [-0.25, -0.2) is 4.98 Å². The molecule has 0 amide bonds. The Morgan fingerprint density at radius 3 is 2.29 bits per heavy atom. The van der Waals surface area contributed by atoms with E-state index in [0.717, 1.165) is 11.0 Å². The Hall–Kier alpha value is -2.17. The van der Waals surface area contributed by atoms with Crippen molar-refractivity contribution in [3.05, 3.63) is 66.0 Å². The second-order valence-electron chi connectivity index (χ2n) is 5.29. The van der Waals surface area contributed by atoms with Crippen LogP contribution < -0.4 is 0 Å². The number of fused-ring (bicyclic) bond motifs is 1. The molecule has 4 heteroatoms. The molecule has 0 radical (unpaired) electrons. The lowest BCUT2D eigenvalue weighted by molar-refractivity contribution is -0.0469. The Labute approximate surface area is 123 Å². The molecule has 1 heterocycles. The van der Waals surface area contributed by atoms with Gasteiger partial charge < -0.3 is 14.8 Å². The number of aryl methyl sites for hydroxylation is 1. The van der Waals surface area contributed by atoms with Crippen molar-refractivity contribution in [1.29, 1.82) is 0 Å². The van der Waals surface area contributed by atoms with Crippen LogP contribution in [-0.2, 0) is 12.6 Å². The van der Waals surface area contributed by atoms with Crippen LogP contribution in [0.2, 0.25) is 0 Å². The molecule has 0 bridgehead atoms. The van der Waals surface area contributed by atoms with Gasteiger partial charge in [-0.05, 0) is 24.6 Å². The Morgan fingerprint density at radius 1 is 1.05 bits per heavy atom. The Kier molecular flexibility index (Phi) is 3.27. The third kappa shape index (κ3) is 2.04. The van der Waals surface area contributed by atoms with Gasteiger partial charge in [-0.15, -0.1) is 0 Å². The molecule has 0 saturated carbocycles. The zero-order valence-corrected chi connectivity index (χ0v) is 12.1. The van der Waals surface area contributed by atoms with E-state index in [2.05, 4.69) is 4.98 Å². The topological polar surface area (TPSA) is 58.3 Å². The maximum absolute atomic E-state index is 11.2. The highest BCUT2D eigenvalue weighted by atomic mass is 16.3. The predicted octanol–water partition coefficient (Wildman–Crippen LogP) is 2.19. The van der Waals surface area contributed by atoms with Crippen molar-refractivity contribution in [3.8, 4) is 0 Å². The predicted molar refractivity (Wildman–Crippen MR) is 81.8 cm³/mol. The summed E-state index contributed by atoms with van der Waals surface area (Å²) in [6, 6.07) is 16.8. The highest BCUT2D eigenvalue weighted by Gasteiger charge is 2.41. The molecular formula is C17H18N2O2.